The van der Waals surface area contributed by atoms with Crippen molar-refractivity contribution in [3.05, 3.63) is 0 Å². The molecule has 0 spiro atoms. The van der Waals surface area contributed by atoms with Crippen molar-refractivity contribution in [1.82, 2.24) is 10.2 Å². The van der Waals surface area contributed by atoms with Gasteiger partial charge in [-0.2, -0.15) is 0 Å². The van der Waals surface area contributed by atoms with Gasteiger partial charge in [-0.25, -0.2) is 0 Å². The van der Waals surface area contributed by atoms with Crippen molar-refractivity contribution < 1.29 is 9.59 Å². The average Bonchev–Trinajstić information content (AvgIpc) is 2.59. The van der Waals surface area contributed by atoms with Crippen molar-refractivity contribution in [3.8, 4) is 0 Å². The van der Waals surface area contributed by atoms with Gasteiger partial charge in [-0.3, -0.25) is 9.59 Å². The molecule has 1 rings (SSSR count). The van der Waals surface area contributed by atoms with Crippen LogP contribution in [0.5, 0.6) is 0 Å². The van der Waals surface area contributed by atoms with Crippen LogP contribution in [0.15, 0.2) is 0 Å². The molecule has 3 N–H and O–H groups in total. The van der Waals surface area contributed by atoms with Crippen LogP contribution in [0.25, 0.3) is 0 Å². The molecular formula is C11H22ClN3O2. The van der Waals surface area contributed by atoms with Crippen LogP contribution >= 0.6 is 12.4 Å². The first-order valence-electron chi connectivity index (χ1n) is 5.69. The summed E-state index contributed by atoms with van der Waals surface area (Å²) in [5, 5.41) is 2.87. The molecule has 2 amide bonds. The molecule has 0 bridgehead atoms. The lowest BCUT2D eigenvalue weighted by Crippen LogP contribution is -2.51. The number of nitrogens with two attached hydrogens (primary N) is 1. The van der Waals surface area contributed by atoms with Gasteiger partial charge < -0.3 is 16.0 Å². The maximum Gasteiger partial charge on any atom is 0.225 e. The van der Waals surface area contributed by atoms with Crippen molar-refractivity contribution in [2.24, 2.45) is 11.7 Å². The molecule has 0 aliphatic carbocycles. The molecule has 1 heterocycles. The minimum absolute atomic E-state index is 0. The quantitative estimate of drug-likeness (QED) is 0.757. The molecular weight excluding hydrogens is 242 g/mol. The minimum atomic E-state index is -0.403. The molecule has 0 radical (unpaired) electrons. The highest BCUT2D eigenvalue weighted by Gasteiger charge is 2.34. The third kappa shape index (κ3) is 4.16. The molecule has 6 heteroatoms. The van der Waals surface area contributed by atoms with E-state index in [1.54, 1.807) is 4.90 Å². The molecule has 17 heavy (non-hydrogen) atoms. The molecule has 5 nitrogen and oxygen atoms in total. The van der Waals surface area contributed by atoms with Gasteiger partial charge in [0.15, 0.2) is 0 Å². The molecule has 0 saturated carbocycles. The second-order valence-electron chi connectivity index (χ2n) is 4.91. The molecule has 100 valence electrons. The highest BCUT2D eigenvalue weighted by atomic mass is 35.5. The highest BCUT2D eigenvalue weighted by molar-refractivity contribution is 5.89. The Kier molecular flexibility index (Phi) is 5.92. The summed E-state index contributed by atoms with van der Waals surface area (Å²) in [7, 11) is 0. The van der Waals surface area contributed by atoms with E-state index in [1.807, 2.05) is 20.8 Å². The third-order valence-electron chi connectivity index (χ3n) is 2.94. The van der Waals surface area contributed by atoms with E-state index in [-0.39, 0.29) is 30.1 Å². The first kappa shape index (κ1) is 16.2. The fourth-order valence-corrected chi connectivity index (χ4v) is 1.74. The monoisotopic (exact) mass is 263 g/mol. The van der Waals surface area contributed by atoms with Gasteiger partial charge in [0.2, 0.25) is 11.8 Å². The first-order chi connectivity index (χ1) is 7.39. The van der Waals surface area contributed by atoms with E-state index in [2.05, 4.69) is 5.32 Å². The van der Waals surface area contributed by atoms with Crippen LogP contribution in [0.2, 0.25) is 0 Å². The number of hydrogen-bond donors (Lipinski definition) is 2. The normalized spacial score (nSPS) is 20.1. The number of amides is 2. The van der Waals surface area contributed by atoms with E-state index in [0.717, 1.165) is 0 Å². The fraction of sp³-hybridized carbons (Fsp3) is 0.818. The SMILES string of the molecule is CCN1CC(C(=O)NC(C)(C)CN)CC1=O.Cl. The molecule has 1 atom stereocenters. The summed E-state index contributed by atoms with van der Waals surface area (Å²) in [5.41, 5.74) is 5.14. The summed E-state index contributed by atoms with van der Waals surface area (Å²) in [6.45, 7) is 7.25. The number of likely N-dealkylation sites (tertiary alicyclic amines) is 1. The summed E-state index contributed by atoms with van der Waals surface area (Å²) >= 11 is 0. The zero-order valence-corrected chi connectivity index (χ0v) is 11.5. The molecule has 1 fully saturated rings. The Morgan fingerprint density at radius 3 is 2.59 bits per heavy atom. The van der Waals surface area contributed by atoms with Crippen molar-refractivity contribution in [1.29, 1.82) is 0 Å². The average molecular weight is 264 g/mol. The standard InChI is InChI=1S/C11H21N3O2.ClH/c1-4-14-6-8(5-9(14)15)10(16)13-11(2,3)7-12;/h8H,4-7,12H2,1-3H3,(H,13,16);1H. The number of carbonyl (C=O) groups is 2. The molecule has 0 aromatic rings. The number of nitrogens with one attached hydrogen (secondary N) is 1. The number of hydrogen-bond acceptors (Lipinski definition) is 3. The van der Waals surface area contributed by atoms with E-state index in [4.69, 9.17) is 5.73 Å². The third-order valence-corrected chi connectivity index (χ3v) is 2.94. The van der Waals surface area contributed by atoms with E-state index >= 15 is 0 Å². The predicted octanol–water partition coefficient (Wildman–Crippen LogP) is 0.130. The van der Waals surface area contributed by atoms with Crippen molar-refractivity contribution in [2.75, 3.05) is 19.6 Å². The molecule has 0 aromatic carbocycles. The predicted molar refractivity (Wildman–Crippen MR) is 68.9 cm³/mol. The van der Waals surface area contributed by atoms with E-state index in [0.29, 0.717) is 26.1 Å². The van der Waals surface area contributed by atoms with Crippen LogP contribution in [-0.4, -0.2) is 41.9 Å². The lowest BCUT2D eigenvalue weighted by molar-refractivity contribution is -0.129. The number of nitrogens with zero attached hydrogens (tertiary/aromatic N) is 1. The largest absolute Gasteiger partial charge is 0.350 e. The fourth-order valence-electron chi connectivity index (χ4n) is 1.74. The second-order valence-corrected chi connectivity index (χ2v) is 4.91. The second kappa shape index (κ2) is 6.21. The maximum atomic E-state index is 11.9. The molecule has 1 unspecified atom stereocenters. The highest BCUT2D eigenvalue weighted by Crippen LogP contribution is 2.18. The zero-order chi connectivity index (χ0) is 12.3. The van der Waals surface area contributed by atoms with Gasteiger partial charge in [0.1, 0.15) is 0 Å². The Balaban J connectivity index is 0.00000256. The van der Waals surface area contributed by atoms with Crippen LogP contribution in [-0.2, 0) is 9.59 Å². The summed E-state index contributed by atoms with van der Waals surface area (Å²) < 4.78 is 0. The summed E-state index contributed by atoms with van der Waals surface area (Å²) in [4.78, 5) is 25.1. The number of halogens is 1. The van der Waals surface area contributed by atoms with Gasteiger partial charge in [0, 0.05) is 31.6 Å². The molecule has 1 aliphatic rings. The van der Waals surface area contributed by atoms with Gasteiger partial charge in [0.25, 0.3) is 0 Å². The smallest absolute Gasteiger partial charge is 0.225 e. The van der Waals surface area contributed by atoms with E-state index < -0.39 is 5.54 Å². The molecule has 0 aromatic heterocycles. The Hall–Kier alpha value is -0.810. The maximum absolute atomic E-state index is 11.9. The van der Waals surface area contributed by atoms with Crippen molar-refractivity contribution in [3.63, 3.8) is 0 Å². The van der Waals surface area contributed by atoms with Crippen molar-refractivity contribution >= 4 is 24.2 Å². The first-order valence-corrected chi connectivity index (χ1v) is 5.69. The van der Waals surface area contributed by atoms with Crippen LogP contribution in [0.4, 0.5) is 0 Å². The topological polar surface area (TPSA) is 75.4 Å². The lowest BCUT2D eigenvalue weighted by Gasteiger charge is -2.26. The van der Waals surface area contributed by atoms with Crippen LogP contribution < -0.4 is 11.1 Å². The summed E-state index contributed by atoms with van der Waals surface area (Å²) in [6, 6.07) is 0. The van der Waals surface area contributed by atoms with Gasteiger partial charge in [0.05, 0.1) is 5.92 Å². The van der Waals surface area contributed by atoms with E-state index in [9.17, 15) is 9.59 Å². The number of carbonyl (C=O) groups excluding carboxylic acids is 2. The van der Waals surface area contributed by atoms with Gasteiger partial charge >= 0.3 is 0 Å². The molecule has 1 aliphatic heterocycles. The van der Waals surface area contributed by atoms with Crippen LogP contribution in [0.3, 0.4) is 0 Å². The van der Waals surface area contributed by atoms with Crippen LogP contribution in [0.1, 0.15) is 27.2 Å². The Bertz CT molecular complexity index is 294. The van der Waals surface area contributed by atoms with Crippen LogP contribution in [0, 0.1) is 5.92 Å². The van der Waals surface area contributed by atoms with Crippen molar-refractivity contribution in [2.45, 2.75) is 32.7 Å². The summed E-state index contributed by atoms with van der Waals surface area (Å²) in [5.74, 6) is -0.230. The van der Waals surface area contributed by atoms with Gasteiger partial charge in [-0.15, -0.1) is 12.4 Å². The zero-order valence-electron chi connectivity index (χ0n) is 10.7. The van der Waals surface area contributed by atoms with Gasteiger partial charge in [-0.1, -0.05) is 0 Å². The Morgan fingerprint density at radius 2 is 2.18 bits per heavy atom. The van der Waals surface area contributed by atoms with E-state index in [1.165, 1.54) is 0 Å². The van der Waals surface area contributed by atoms with Gasteiger partial charge in [-0.05, 0) is 20.8 Å². The number of rotatable bonds is 4. The lowest BCUT2D eigenvalue weighted by atomic mass is 10.0. The molecule has 1 saturated heterocycles. The Labute approximate surface area is 109 Å². The summed E-state index contributed by atoms with van der Waals surface area (Å²) in [6.07, 6.45) is 0.320. The Morgan fingerprint density at radius 1 is 1.59 bits per heavy atom. The minimum Gasteiger partial charge on any atom is -0.350 e.